The molecule has 0 aliphatic carbocycles. The maximum Gasteiger partial charge on any atom is 0.222 e. The third kappa shape index (κ3) is 3.38. The van der Waals surface area contributed by atoms with Crippen molar-refractivity contribution in [2.45, 2.75) is 51.4 Å². The summed E-state index contributed by atoms with van der Waals surface area (Å²) >= 11 is 0. The number of hydrogen-bond donors (Lipinski definition) is 1. The number of nitrogens with zero attached hydrogens (tertiary/aromatic N) is 3. The summed E-state index contributed by atoms with van der Waals surface area (Å²) in [4.78, 5) is 8.93. The van der Waals surface area contributed by atoms with Gasteiger partial charge in [-0.05, 0) is 55.2 Å². The van der Waals surface area contributed by atoms with E-state index in [1.165, 1.54) is 31.7 Å². The molecule has 2 unspecified atom stereocenters. The maximum atomic E-state index is 13.4. The highest BCUT2D eigenvalue weighted by Crippen LogP contribution is 2.30. The molecule has 2 saturated heterocycles. The fourth-order valence-corrected chi connectivity index (χ4v) is 4.09. The molecule has 0 spiro atoms. The van der Waals surface area contributed by atoms with Crippen LogP contribution >= 0.6 is 0 Å². The Morgan fingerprint density at radius 3 is 3.04 bits per heavy atom. The second-order valence-electron chi connectivity index (χ2n) is 7.31. The summed E-state index contributed by atoms with van der Waals surface area (Å²) in [6, 6.07) is 5.47. The number of hydrogen-bond acceptors (Lipinski definition) is 3. The highest BCUT2D eigenvalue weighted by molar-refractivity contribution is 5.99. The van der Waals surface area contributed by atoms with Gasteiger partial charge in [-0.15, -0.1) is 0 Å². The van der Waals surface area contributed by atoms with E-state index < -0.39 is 0 Å². The molecule has 0 amide bonds. The summed E-state index contributed by atoms with van der Waals surface area (Å²) in [5.41, 5.74) is 1.49. The number of benzene rings is 1. The van der Waals surface area contributed by atoms with Crippen molar-refractivity contribution in [3.63, 3.8) is 0 Å². The third-order valence-electron chi connectivity index (χ3n) is 5.50. The van der Waals surface area contributed by atoms with Crippen molar-refractivity contribution < 1.29 is 9.13 Å². The van der Waals surface area contributed by atoms with Crippen LogP contribution in [-0.2, 0) is 11.3 Å². The summed E-state index contributed by atoms with van der Waals surface area (Å²) in [7, 11) is 0. The van der Waals surface area contributed by atoms with Crippen molar-refractivity contribution in [2.24, 2.45) is 4.99 Å². The van der Waals surface area contributed by atoms with Crippen molar-refractivity contribution >= 4 is 11.9 Å². The number of rotatable bonds is 2. The average molecular weight is 356 g/mol. The van der Waals surface area contributed by atoms with Crippen LogP contribution in [0.3, 0.4) is 0 Å². The van der Waals surface area contributed by atoms with Gasteiger partial charge in [0.15, 0.2) is 0 Å². The highest BCUT2D eigenvalue weighted by atomic mass is 19.1. The lowest BCUT2D eigenvalue weighted by molar-refractivity contribution is 0.197. The van der Waals surface area contributed by atoms with Crippen LogP contribution < -0.4 is 0 Å². The van der Waals surface area contributed by atoms with Gasteiger partial charge in [-0.2, -0.15) is 4.99 Å². The molecule has 2 atom stereocenters. The van der Waals surface area contributed by atoms with Gasteiger partial charge in [0.25, 0.3) is 0 Å². The normalized spacial score (nSPS) is 26.0. The first-order chi connectivity index (χ1) is 12.6. The number of aliphatic imine (C=N–C) groups is 1. The minimum atomic E-state index is -0.213. The molecule has 6 heteroatoms. The first-order valence-corrected chi connectivity index (χ1v) is 9.37. The number of halogens is 1. The fourth-order valence-electron chi connectivity index (χ4n) is 4.09. The van der Waals surface area contributed by atoms with Crippen LogP contribution in [0.2, 0.25) is 0 Å². The number of fused-ring (bicyclic) bond motifs is 3. The average Bonchev–Trinajstić information content (AvgIpc) is 2.76. The van der Waals surface area contributed by atoms with Crippen LogP contribution in [0, 0.1) is 18.2 Å². The summed E-state index contributed by atoms with van der Waals surface area (Å²) in [6.45, 7) is 3.99. The summed E-state index contributed by atoms with van der Waals surface area (Å²) in [5.74, 6) is 0.492. The second kappa shape index (κ2) is 7.19. The lowest BCUT2D eigenvalue weighted by Gasteiger charge is -2.27. The largest absolute Gasteiger partial charge is 0.473 e. The van der Waals surface area contributed by atoms with E-state index in [1.54, 1.807) is 19.1 Å². The smallest absolute Gasteiger partial charge is 0.222 e. The van der Waals surface area contributed by atoms with E-state index in [4.69, 9.17) is 10.1 Å². The van der Waals surface area contributed by atoms with E-state index in [1.807, 2.05) is 6.08 Å². The molecule has 3 aliphatic heterocycles. The van der Waals surface area contributed by atoms with E-state index >= 15 is 0 Å². The molecule has 4 rings (SSSR count). The summed E-state index contributed by atoms with van der Waals surface area (Å²) in [6.07, 6.45) is 9.06. The number of aryl methyl sites for hydroxylation is 1. The van der Waals surface area contributed by atoms with E-state index in [0.717, 1.165) is 18.7 Å². The monoisotopic (exact) mass is 356 g/mol. The summed E-state index contributed by atoms with van der Waals surface area (Å²) < 4.78 is 19.2. The molecule has 5 nitrogen and oxygen atoms in total. The zero-order chi connectivity index (χ0) is 18.1. The van der Waals surface area contributed by atoms with Gasteiger partial charge < -0.3 is 9.64 Å². The van der Waals surface area contributed by atoms with Gasteiger partial charge in [-0.25, -0.2) is 4.39 Å². The van der Waals surface area contributed by atoms with Gasteiger partial charge in [0.1, 0.15) is 18.6 Å². The molecule has 1 N–H and O–H groups in total. The lowest BCUT2D eigenvalue weighted by Crippen LogP contribution is -2.40. The SMILES string of the molecule is Cc1cc(COC2=NC(=N)N3CC4CCCCCN4C3C=C2)ccc1F. The van der Waals surface area contributed by atoms with Crippen molar-refractivity contribution in [1.29, 1.82) is 5.41 Å². The maximum absolute atomic E-state index is 13.4. The van der Waals surface area contributed by atoms with Gasteiger partial charge in [0.05, 0.1) is 0 Å². The Hall–Kier alpha value is -2.21. The zero-order valence-corrected chi connectivity index (χ0v) is 15.1. The standard InChI is InChI=1S/C20H25FN4O/c1-14-11-15(6-7-17(14)21)13-26-18-8-9-19-24-10-4-2-3-5-16(24)12-25(19)20(22)23-18/h6-9,11,16,19,22H,2-5,10,12-13H2,1H3. The molecule has 1 aromatic carbocycles. The van der Waals surface area contributed by atoms with Gasteiger partial charge in [0.2, 0.25) is 11.9 Å². The summed E-state index contributed by atoms with van der Waals surface area (Å²) in [5, 5.41) is 8.38. The fraction of sp³-hybridized carbons (Fsp3) is 0.500. The Morgan fingerprint density at radius 1 is 1.31 bits per heavy atom. The van der Waals surface area contributed by atoms with Gasteiger partial charge in [0, 0.05) is 19.1 Å². The molecule has 0 aromatic heterocycles. The second-order valence-corrected chi connectivity index (χ2v) is 7.31. The van der Waals surface area contributed by atoms with Crippen molar-refractivity contribution in [1.82, 2.24) is 9.80 Å². The molecule has 0 saturated carbocycles. The Kier molecular flexibility index (Phi) is 4.76. The first-order valence-electron chi connectivity index (χ1n) is 9.37. The molecular weight excluding hydrogens is 331 g/mol. The number of nitrogens with one attached hydrogen (secondary N) is 1. The first kappa shape index (κ1) is 17.2. The third-order valence-corrected chi connectivity index (χ3v) is 5.50. The van der Waals surface area contributed by atoms with Crippen LogP contribution in [0.4, 0.5) is 4.39 Å². The zero-order valence-electron chi connectivity index (χ0n) is 15.1. The lowest BCUT2D eigenvalue weighted by atomic mass is 10.1. The predicted octanol–water partition coefficient (Wildman–Crippen LogP) is 3.44. The molecular formula is C20H25FN4O. The minimum absolute atomic E-state index is 0.100. The Labute approximate surface area is 153 Å². The molecule has 3 aliphatic rings. The van der Waals surface area contributed by atoms with Crippen LogP contribution in [0.25, 0.3) is 0 Å². The van der Waals surface area contributed by atoms with Gasteiger partial charge >= 0.3 is 0 Å². The minimum Gasteiger partial charge on any atom is -0.473 e. The Morgan fingerprint density at radius 2 is 2.19 bits per heavy atom. The predicted molar refractivity (Wildman–Crippen MR) is 99.7 cm³/mol. The molecule has 0 bridgehead atoms. The molecule has 2 fully saturated rings. The van der Waals surface area contributed by atoms with E-state index in [0.29, 0.717) is 24.1 Å². The van der Waals surface area contributed by atoms with Crippen LogP contribution in [0.15, 0.2) is 35.3 Å². The van der Waals surface area contributed by atoms with E-state index in [2.05, 4.69) is 20.9 Å². The molecule has 0 radical (unpaired) electrons. The Balaban J connectivity index is 1.46. The topological polar surface area (TPSA) is 51.9 Å². The van der Waals surface area contributed by atoms with Crippen molar-refractivity contribution in [3.8, 4) is 0 Å². The molecule has 26 heavy (non-hydrogen) atoms. The van der Waals surface area contributed by atoms with Crippen LogP contribution in [-0.4, -0.2) is 47.0 Å². The quantitative estimate of drug-likeness (QED) is 0.883. The molecule has 1 aromatic rings. The van der Waals surface area contributed by atoms with Gasteiger partial charge in [-0.3, -0.25) is 10.3 Å². The van der Waals surface area contributed by atoms with Crippen LogP contribution in [0.1, 0.15) is 36.8 Å². The molecule has 138 valence electrons. The highest BCUT2D eigenvalue weighted by Gasteiger charge is 2.40. The number of ether oxygens (including phenoxy) is 1. The van der Waals surface area contributed by atoms with Gasteiger partial charge in [-0.1, -0.05) is 18.9 Å². The number of guanidine groups is 1. The Bertz CT molecular complexity index is 760. The van der Waals surface area contributed by atoms with E-state index in [-0.39, 0.29) is 17.9 Å². The van der Waals surface area contributed by atoms with Crippen molar-refractivity contribution in [2.75, 3.05) is 13.1 Å². The van der Waals surface area contributed by atoms with Crippen molar-refractivity contribution in [3.05, 3.63) is 47.3 Å². The molecule has 3 heterocycles. The van der Waals surface area contributed by atoms with Crippen LogP contribution in [0.5, 0.6) is 0 Å². The van der Waals surface area contributed by atoms with E-state index in [9.17, 15) is 4.39 Å².